The standard InChI is InChI=1S/C21H20N4O4/c1-13-4-5-16(21(26)27)11-20(13)24-14(2)10-17(15(24)3)12-22-23-18-6-8-19(9-7-18)25(28)29/h4-12,23H,1-3H3,(H,26,27)/b22-12+. The zero-order chi connectivity index (χ0) is 21.1. The van der Waals surface area contributed by atoms with Gasteiger partial charge in [0.1, 0.15) is 0 Å². The van der Waals surface area contributed by atoms with Gasteiger partial charge in [-0.25, -0.2) is 4.79 Å². The molecule has 0 atom stereocenters. The van der Waals surface area contributed by atoms with Gasteiger partial charge in [-0.05, 0) is 56.7 Å². The van der Waals surface area contributed by atoms with Crippen LogP contribution in [-0.2, 0) is 0 Å². The Balaban J connectivity index is 1.86. The lowest BCUT2D eigenvalue weighted by atomic mass is 10.1. The highest BCUT2D eigenvalue weighted by Crippen LogP contribution is 2.24. The van der Waals surface area contributed by atoms with Crippen molar-refractivity contribution in [2.75, 3.05) is 5.43 Å². The summed E-state index contributed by atoms with van der Waals surface area (Å²) in [5.41, 5.74) is 8.24. The molecular weight excluding hydrogens is 372 g/mol. The molecule has 2 N–H and O–H groups in total. The molecule has 1 heterocycles. The summed E-state index contributed by atoms with van der Waals surface area (Å²) in [5.74, 6) is -0.970. The molecule has 0 aliphatic rings. The van der Waals surface area contributed by atoms with Crippen LogP contribution in [0.3, 0.4) is 0 Å². The molecule has 2 aromatic carbocycles. The number of carbonyl (C=O) groups is 1. The summed E-state index contributed by atoms with van der Waals surface area (Å²) < 4.78 is 2.00. The van der Waals surface area contributed by atoms with Gasteiger partial charge in [0.25, 0.3) is 5.69 Å². The normalized spacial score (nSPS) is 11.0. The molecule has 0 unspecified atom stereocenters. The van der Waals surface area contributed by atoms with Gasteiger partial charge in [0, 0.05) is 34.8 Å². The Bertz CT molecular complexity index is 1110. The van der Waals surface area contributed by atoms with Gasteiger partial charge >= 0.3 is 5.97 Å². The van der Waals surface area contributed by atoms with Crippen molar-refractivity contribution in [2.45, 2.75) is 20.8 Å². The number of nitro groups is 1. The van der Waals surface area contributed by atoms with E-state index in [2.05, 4.69) is 10.5 Å². The molecule has 0 radical (unpaired) electrons. The van der Waals surface area contributed by atoms with E-state index >= 15 is 0 Å². The molecule has 0 saturated carbocycles. The van der Waals surface area contributed by atoms with E-state index in [0.29, 0.717) is 5.69 Å². The predicted octanol–water partition coefficient (Wildman–Crippen LogP) is 4.45. The quantitative estimate of drug-likeness (QED) is 0.366. The number of aromatic carboxylic acids is 1. The van der Waals surface area contributed by atoms with Gasteiger partial charge < -0.3 is 9.67 Å². The Morgan fingerprint density at radius 1 is 1.14 bits per heavy atom. The maximum atomic E-state index is 11.3. The van der Waals surface area contributed by atoms with Crippen molar-refractivity contribution in [3.8, 4) is 5.69 Å². The second kappa shape index (κ2) is 7.97. The molecule has 0 aliphatic heterocycles. The van der Waals surface area contributed by atoms with Crippen LogP contribution in [0.15, 0.2) is 53.6 Å². The number of hydrogen-bond donors (Lipinski definition) is 2. The largest absolute Gasteiger partial charge is 0.478 e. The predicted molar refractivity (Wildman–Crippen MR) is 111 cm³/mol. The molecule has 1 aromatic heterocycles. The summed E-state index contributed by atoms with van der Waals surface area (Å²) in [4.78, 5) is 21.6. The third-order valence-electron chi connectivity index (χ3n) is 4.64. The Kier molecular flexibility index (Phi) is 5.45. The summed E-state index contributed by atoms with van der Waals surface area (Å²) >= 11 is 0. The molecule has 3 rings (SSSR count). The van der Waals surface area contributed by atoms with Gasteiger partial charge in [0.15, 0.2) is 0 Å². The van der Waals surface area contributed by atoms with E-state index in [1.165, 1.54) is 12.1 Å². The fourth-order valence-corrected chi connectivity index (χ4v) is 3.11. The highest BCUT2D eigenvalue weighted by atomic mass is 16.6. The van der Waals surface area contributed by atoms with E-state index in [-0.39, 0.29) is 11.3 Å². The minimum atomic E-state index is -0.970. The number of carboxylic acid groups (broad SMARTS) is 1. The number of aromatic nitrogens is 1. The van der Waals surface area contributed by atoms with Crippen molar-refractivity contribution in [1.82, 2.24) is 4.57 Å². The fourth-order valence-electron chi connectivity index (χ4n) is 3.11. The molecule has 148 valence electrons. The molecule has 0 amide bonds. The van der Waals surface area contributed by atoms with Gasteiger partial charge in [0.2, 0.25) is 0 Å². The number of nitrogens with zero attached hydrogens (tertiary/aromatic N) is 3. The zero-order valence-electron chi connectivity index (χ0n) is 16.2. The maximum absolute atomic E-state index is 11.3. The number of anilines is 1. The zero-order valence-corrected chi connectivity index (χ0v) is 16.2. The first-order valence-electron chi connectivity index (χ1n) is 8.84. The van der Waals surface area contributed by atoms with Crippen molar-refractivity contribution in [2.24, 2.45) is 5.10 Å². The van der Waals surface area contributed by atoms with Crippen LogP contribution < -0.4 is 5.43 Å². The highest BCUT2D eigenvalue weighted by Gasteiger charge is 2.14. The lowest BCUT2D eigenvalue weighted by Crippen LogP contribution is -2.05. The Labute approximate surface area is 167 Å². The lowest BCUT2D eigenvalue weighted by Gasteiger charge is -2.13. The second-order valence-corrected chi connectivity index (χ2v) is 6.64. The number of rotatable bonds is 6. The number of non-ortho nitro benzene ring substituents is 1. The summed E-state index contributed by atoms with van der Waals surface area (Å²) in [6.45, 7) is 5.82. The number of aryl methyl sites for hydroxylation is 2. The molecule has 0 saturated heterocycles. The number of hydrazone groups is 1. The van der Waals surface area contributed by atoms with E-state index in [1.807, 2.05) is 31.4 Å². The maximum Gasteiger partial charge on any atom is 0.335 e. The smallest absolute Gasteiger partial charge is 0.335 e. The molecule has 29 heavy (non-hydrogen) atoms. The van der Waals surface area contributed by atoms with Gasteiger partial charge in [-0.3, -0.25) is 15.5 Å². The van der Waals surface area contributed by atoms with Gasteiger partial charge in [-0.15, -0.1) is 0 Å². The van der Waals surface area contributed by atoms with Crippen LogP contribution in [0.4, 0.5) is 11.4 Å². The van der Waals surface area contributed by atoms with Crippen molar-refractivity contribution < 1.29 is 14.8 Å². The average molecular weight is 392 g/mol. The van der Waals surface area contributed by atoms with Crippen LogP contribution >= 0.6 is 0 Å². The molecule has 8 heteroatoms. The average Bonchev–Trinajstić information content (AvgIpc) is 2.96. The molecule has 8 nitrogen and oxygen atoms in total. The highest BCUT2D eigenvalue weighted by molar-refractivity contribution is 5.89. The summed E-state index contributed by atoms with van der Waals surface area (Å²) in [5, 5.41) is 24.2. The first-order valence-corrected chi connectivity index (χ1v) is 8.84. The van der Waals surface area contributed by atoms with Crippen LogP contribution in [-0.4, -0.2) is 26.8 Å². The third-order valence-corrected chi connectivity index (χ3v) is 4.64. The number of benzene rings is 2. The lowest BCUT2D eigenvalue weighted by molar-refractivity contribution is -0.384. The number of nitro benzene ring substituents is 1. The van der Waals surface area contributed by atoms with E-state index in [1.54, 1.807) is 36.5 Å². The van der Waals surface area contributed by atoms with Crippen LogP contribution in [0.1, 0.15) is 32.9 Å². The van der Waals surface area contributed by atoms with Crippen molar-refractivity contribution in [1.29, 1.82) is 0 Å². The molecule has 0 aliphatic carbocycles. The van der Waals surface area contributed by atoms with Crippen molar-refractivity contribution in [3.05, 3.63) is 86.7 Å². The molecular formula is C21H20N4O4. The number of nitrogens with one attached hydrogen (secondary N) is 1. The first-order chi connectivity index (χ1) is 13.8. The molecule has 0 spiro atoms. The molecule has 0 bridgehead atoms. The van der Waals surface area contributed by atoms with Crippen LogP contribution in [0, 0.1) is 30.9 Å². The van der Waals surface area contributed by atoms with E-state index in [4.69, 9.17) is 0 Å². The topological polar surface area (TPSA) is 110 Å². The van der Waals surface area contributed by atoms with Crippen molar-refractivity contribution >= 4 is 23.6 Å². The monoisotopic (exact) mass is 392 g/mol. The molecule has 0 fully saturated rings. The SMILES string of the molecule is Cc1ccc(C(=O)O)cc1-n1c(C)cc(/C=N/Nc2ccc([N+](=O)[O-])cc2)c1C. The van der Waals surface area contributed by atoms with E-state index in [0.717, 1.165) is 28.2 Å². The Morgan fingerprint density at radius 3 is 2.45 bits per heavy atom. The van der Waals surface area contributed by atoms with Crippen LogP contribution in [0.2, 0.25) is 0 Å². The summed E-state index contributed by atoms with van der Waals surface area (Å²) in [6.07, 6.45) is 1.66. The van der Waals surface area contributed by atoms with E-state index < -0.39 is 10.9 Å². The van der Waals surface area contributed by atoms with Crippen LogP contribution in [0.25, 0.3) is 5.69 Å². The Morgan fingerprint density at radius 2 is 1.83 bits per heavy atom. The minimum absolute atomic E-state index is 0.0158. The summed E-state index contributed by atoms with van der Waals surface area (Å²) in [7, 11) is 0. The van der Waals surface area contributed by atoms with Crippen LogP contribution in [0.5, 0.6) is 0 Å². The minimum Gasteiger partial charge on any atom is -0.478 e. The van der Waals surface area contributed by atoms with Gasteiger partial charge in [-0.1, -0.05) is 6.07 Å². The first kappa shape index (κ1) is 19.8. The third kappa shape index (κ3) is 4.16. The fraction of sp³-hybridized carbons (Fsp3) is 0.143. The van der Waals surface area contributed by atoms with E-state index in [9.17, 15) is 20.0 Å². The van der Waals surface area contributed by atoms with Gasteiger partial charge in [0.05, 0.1) is 22.4 Å². The number of hydrogen-bond acceptors (Lipinski definition) is 5. The Hall–Kier alpha value is -3.94. The van der Waals surface area contributed by atoms with Gasteiger partial charge in [-0.2, -0.15) is 5.10 Å². The molecule has 3 aromatic rings. The second-order valence-electron chi connectivity index (χ2n) is 6.64. The summed E-state index contributed by atoms with van der Waals surface area (Å²) in [6, 6.07) is 13.0. The van der Waals surface area contributed by atoms with Crippen molar-refractivity contribution in [3.63, 3.8) is 0 Å². The number of carboxylic acids is 1.